The molecule has 351 valence electrons. The average molecular weight is 948 g/mol. The molecular formula is C44H52CuN8O12. The third-order valence-corrected chi connectivity index (χ3v) is 8.25. The number of benzene rings is 4. The Bertz CT molecular complexity index is 1850. The van der Waals surface area contributed by atoms with Gasteiger partial charge in [0.05, 0.1) is 0 Å². The zero-order valence-corrected chi connectivity index (χ0v) is 36.0. The maximum atomic E-state index is 12.1. The number of amides is 4. The van der Waals surface area contributed by atoms with Gasteiger partial charge in [-0.3, -0.25) is 40.8 Å². The Labute approximate surface area is 385 Å². The summed E-state index contributed by atoms with van der Waals surface area (Å²) in [6.45, 7) is 0.373. The fraction of sp³-hybridized carbons (Fsp3) is 0.273. The minimum absolute atomic E-state index is 0. The van der Waals surface area contributed by atoms with Crippen LogP contribution in [-0.2, 0) is 72.0 Å². The van der Waals surface area contributed by atoms with E-state index < -0.39 is 48.4 Å². The molecule has 20 nitrogen and oxygen atoms in total. The number of hydrogen-bond donors (Lipinski definition) is 8. The summed E-state index contributed by atoms with van der Waals surface area (Å²) < 4.78 is 20.5. The maximum Gasteiger partial charge on any atom is 0.414 e. The normalized spacial score (nSPS) is 10.9. The molecule has 0 aliphatic carbocycles. The Hall–Kier alpha value is -7.32. The maximum absolute atomic E-state index is 12.1. The monoisotopic (exact) mass is 947 g/mol. The minimum atomic E-state index is -1.11. The molecule has 4 aromatic carbocycles. The van der Waals surface area contributed by atoms with Crippen molar-refractivity contribution in [2.45, 2.75) is 64.2 Å². The van der Waals surface area contributed by atoms with E-state index in [9.17, 15) is 28.8 Å². The summed E-state index contributed by atoms with van der Waals surface area (Å²) in [6, 6.07) is 34.3. The van der Waals surface area contributed by atoms with Gasteiger partial charge in [-0.2, -0.15) is 0 Å². The average Bonchev–Trinajstić information content (AvgIpc) is 3.30. The van der Waals surface area contributed by atoms with Crippen molar-refractivity contribution in [3.8, 4) is 0 Å². The topological polar surface area (TPSA) is 305 Å². The smallest absolute Gasteiger partial charge is 0.414 e. The summed E-state index contributed by atoms with van der Waals surface area (Å²) in [5, 5.41) is 27.1. The predicted molar refractivity (Wildman–Crippen MR) is 233 cm³/mol. The van der Waals surface area contributed by atoms with Crippen molar-refractivity contribution >= 4 is 48.2 Å². The third kappa shape index (κ3) is 24.8. The number of ether oxygens (including phenoxy) is 4. The van der Waals surface area contributed by atoms with Gasteiger partial charge >= 0.3 is 36.3 Å². The van der Waals surface area contributed by atoms with Crippen molar-refractivity contribution in [2.24, 2.45) is 21.5 Å². The van der Waals surface area contributed by atoms with E-state index in [2.05, 4.69) is 31.3 Å². The largest absolute Gasteiger partial charge is 0.480 e. The van der Waals surface area contributed by atoms with E-state index in [0.29, 0.717) is 12.8 Å². The van der Waals surface area contributed by atoms with Gasteiger partial charge < -0.3 is 40.6 Å². The van der Waals surface area contributed by atoms with Crippen LogP contribution >= 0.6 is 0 Å². The Morgan fingerprint density at radius 2 is 0.677 bits per heavy atom. The molecule has 0 aliphatic heterocycles. The first-order valence-corrected chi connectivity index (χ1v) is 19.8. The van der Waals surface area contributed by atoms with Crippen molar-refractivity contribution in [2.75, 3.05) is 13.1 Å². The number of carboxylic acid groups (broad SMARTS) is 2. The first kappa shape index (κ1) is 53.8. The molecule has 2 atom stereocenters. The molecule has 1 radical (unpaired) electrons. The number of aliphatic imine (C=N–C) groups is 2. The first-order chi connectivity index (χ1) is 30.9. The number of carbonyl (C=O) groups is 6. The van der Waals surface area contributed by atoms with E-state index in [1.54, 1.807) is 48.5 Å². The number of hydrogen-bond acceptors (Lipinski definition) is 14. The van der Waals surface area contributed by atoms with E-state index >= 15 is 0 Å². The van der Waals surface area contributed by atoms with Gasteiger partial charge in [-0.25, -0.2) is 19.2 Å². The number of aliphatic carboxylic acids is 2. The van der Waals surface area contributed by atoms with Crippen LogP contribution in [0.15, 0.2) is 131 Å². The summed E-state index contributed by atoms with van der Waals surface area (Å²) in [4.78, 5) is 78.2. The first-order valence-electron chi connectivity index (χ1n) is 19.8. The summed E-state index contributed by atoms with van der Waals surface area (Å²) in [5.74, 6) is -2.58. The molecule has 0 saturated heterocycles. The number of carboxylic acids is 2. The standard InChI is InChI=1S/2C22H26N4O6.Cu/c2*23-18(19(27)28)12-7-13-24-20(25-21(29)31-14-16-8-3-1-4-9-16)26-22(30)32-15-17-10-5-2-6-11-17;/h2*1-6,8-11,18H,7,12-15,23H2,(H,27,28)(H2,24,25,26,29,30);/t2*18-;/m00./s1. The fourth-order valence-corrected chi connectivity index (χ4v) is 4.90. The number of nitrogens with one attached hydrogen (secondary N) is 4. The van der Waals surface area contributed by atoms with Gasteiger partial charge in [0.1, 0.15) is 38.5 Å². The van der Waals surface area contributed by atoms with Crippen LogP contribution in [0.4, 0.5) is 19.2 Å². The second-order valence-corrected chi connectivity index (χ2v) is 13.4. The molecule has 0 heterocycles. The van der Waals surface area contributed by atoms with E-state index in [4.69, 9.17) is 40.6 Å². The molecule has 0 unspecified atom stereocenters. The van der Waals surface area contributed by atoms with Crippen LogP contribution < -0.4 is 32.7 Å². The number of carbonyl (C=O) groups excluding carboxylic acids is 4. The molecule has 0 bridgehead atoms. The number of nitrogens with zero attached hydrogens (tertiary/aromatic N) is 2. The van der Waals surface area contributed by atoms with Crippen LogP contribution in [0.2, 0.25) is 0 Å². The molecule has 21 heteroatoms. The molecule has 0 spiro atoms. The molecule has 0 fully saturated rings. The number of rotatable bonds is 18. The SMILES string of the molecule is N[C@@H](CCCN=C(NC(=O)OCc1ccccc1)NC(=O)OCc1ccccc1)C(=O)O.N[C@@H](CCCN=C(NC(=O)OCc1ccccc1)NC(=O)OCc1ccccc1)C(=O)O.[Cu]. The van der Waals surface area contributed by atoms with E-state index in [1.807, 2.05) is 72.8 Å². The summed E-state index contributed by atoms with van der Waals surface area (Å²) in [6.07, 6.45) is -2.25. The van der Waals surface area contributed by atoms with E-state index in [-0.39, 0.29) is 81.3 Å². The van der Waals surface area contributed by atoms with Crippen LogP contribution in [-0.4, -0.2) is 83.6 Å². The molecule has 4 aromatic rings. The van der Waals surface area contributed by atoms with Crippen LogP contribution in [0, 0.1) is 0 Å². The molecule has 0 saturated carbocycles. The molecule has 0 aromatic heterocycles. The minimum Gasteiger partial charge on any atom is -0.480 e. The third-order valence-electron chi connectivity index (χ3n) is 8.25. The Morgan fingerprint density at radius 3 is 0.892 bits per heavy atom. The van der Waals surface area contributed by atoms with Gasteiger partial charge in [-0.05, 0) is 47.9 Å². The molecule has 4 amide bonds. The van der Waals surface area contributed by atoms with Crippen molar-refractivity contribution in [3.63, 3.8) is 0 Å². The number of guanidine groups is 2. The molecular weight excluding hydrogens is 896 g/mol. The van der Waals surface area contributed by atoms with Crippen molar-refractivity contribution in [1.82, 2.24) is 21.3 Å². The Morgan fingerprint density at radius 1 is 0.446 bits per heavy atom. The van der Waals surface area contributed by atoms with Crippen LogP contribution in [0.1, 0.15) is 47.9 Å². The molecule has 4 rings (SSSR count). The molecule has 65 heavy (non-hydrogen) atoms. The summed E-state index contributed by atoms with van der Waals surface area (Å²) in [5.41, 5.74) is 14.1. The summed E-state index contributed by atoms with van der Waals surface area (Å²) >= 11 is 0. The predicted octanol–water partition coefficient (Wildman–Crippen LogP) is 4.77. The fourth-order valence-electron chi connectivity index (χ4n) is 4.90. The van der Waals surface area contributed by atoms with E-state index in [0.717, 1.165) is 22.3 Å². The van der Waals surface area contributed by atoms with Crippen molar-refractivity contribution in [1.29, 1.82) is 0 Å². The summed E-state index contributed by atoms with van der Waals surface area (Å²) in [7, 11) is 0. The van der Waals surface area contributed by atoms with Crippen molar-refractivity contribution < 1.29 is 75.0 Å². The zero-order valence-electron chi connectivity index (χ0n) is 35.1. The number of nitrogens with two attached hydrogens (primary N) is 2. The van der Waals surface area contributed by atoms with Gasteiger partial charge in [0.2, 0.25) is 11.9 Å². The zero-order chi connectivity index (χ0) is 46.4. The van der Waals surface area contributed by atoms with Gasteiger partial charge in [0.25, 0.3) is 0 Å². The second kappa shape index (κ2) is 31.5. The van der Waals surface area contributed by atoms with Crippen LogP contribution in [0.25, 0.3) is 0 Å². The van der Waals surface area contributed by atoms with Gasteiger partial charge in [0.15, 0.2) is 0 Å². The van der Waals surface area contributed by atoms with Crippen LogP contribution in [0.3, 0.4) is 0 Å². The van der Waals surface area contributed by atoms with Crippen molar-refractivity contribution in [3.05, 3.63) is 144 Å². The number of alkyl carbamates (subject to hydrolysis) is 4. The second-order valence-electron chi connectivity index (χ2n) is 13.4. The molecule has 0 aliphatic rings. The van der Waals surface area contributed by atoms with Crippen LogP contribution in [0.5, 0.6) is 0 Å². The van der Waals surface area contributed by atoms with Gasteiger partial charge in [-0.1, -0.05) is 121 Å². The van der Waals surface area contributed by atoms with Gasteiger partial charge in [0, 0.05) is 30.2 Å². The van der Waals surface area contributed by atoms with E-state index in [1.165, 1.54) is 0 Å². The Balaban J connectivity index is 0.000000440. The molecule has 10 N–H and O–H groups in total. The van der Waals surface area contributed by atoms with Gasteiger partial charge in [-0.15, -0.1) is 0 Å². The Kier molecular flexibility index (Phi) is 26.1. The quantitative estimate of drug-likeness (QED) is 0.0219.